The summed E-state index contributed by atoms with van der Waals surface area (Å²) in [6.07, 6.45) is 4.05. The first-order valence-electron chi connectivity index (χ1n) is 7.56. The molecule has 20 heavy (non-hydrogen) atoms. The molecule has 3 nitrogen and oxygen atoms in total. The van der Waals surface area contributed by atoms with Crippen LogP contribution >= 0.6 is 0 Å². The van der Waals surface area contributed by atoms with Gasteiger partial charge in [-0.15, -0.1) is 0 Å². The van der Waals surface area contributed by atoms with Gasteiger partial charge in [-0.1, -0.05) is 24.3 Å². The van der Waals surface area contributed by atoms with E-state index in [1.54, 1.807) is 0 Å². The lowest BCUT2D eigenvalue weighted by molar-refractivity contribution is 0.314. The van der Waals surface area contributed by atoms with E-state index in [0.29, 0.717) is 23.5 Å². The highest BCUT2D eigenvalue weighted by molar-refractivity contribution is 7.91. The lowest BCUT2D eigenvalue weighted by atomic mass is 9.86. The van der Waals surface area contributed by atoms with Crippen molar-refractivity contribution in [3.8, 4) is 0 Å². The molecule has 0 saturated carbocycles. The molecule has 0 spiro atoms. The van der Waals surface area contributed by atoms with Crippen molar-refractivity contribution in [2.75, 3.05) is 25.1 Å². The Kier molecular flexibility index (Phi) is 3.87. The van der Waals surface area contributed by atoms with Gasteiger partial charge >= 0.3 is 0 Å². The molecule has 110 valence electrons. The van der Waals surface area contributed by atoms with E-state index in [0.717, 1.165) is 19.4 Å². The summed E-state index contributed by atoms with van der Waals surface area (Å²) in [4.78, 5) is 2.43. The minimum absolute atomic E-state index is 0.354. The van der Waals surface area contributed by atoms with Gasteiger partial charge in [-0.05, 0) is 56.3 Å². The summed E-state index contributed by atoms with van der Waals surface area (Å²) in [6, 6.07) is 9.18. The van der Waals surface area contributed by atoms with Crippen molar-refractivity contribution < 1.29 is 8.42 Å². The first-order chi connectivity index (χ1) is 9.57. The lowest BCUT2D eigenvalue weighted by Crippen LogP contribution is -2.24. The summed E-state index contributed by atoms with van der Waals surface area (Å²) >= 11 is 0. The van der Waals surface area contributed by atoms with Gasteiger partial charge < -0.3 is 0 Å². The zero-order valence-electron chi connectivity index (χ0n) is 12.1. The van der Waals surface area contributed by atoms with E-state index >= 15 is 0 Å². The number of sulfone groups is 1. The fourth-order valence-electron chi connectivity index (χ4n) is 3.69. The van der Waals surface area contributed by atoms with Crippen LogP contribution in [0.4, 0.5) is 0 Å². The highest BCUT2D eigenvalue weighted by Gasteiger charge is 2.30. The topological polar surface area (TPSA) is 37.4 Å². The fraction of sp³-hybridized carbons (Fsp3) is 0.625. The van der Waals surface area contributed by atoms with Crippen molar-refractivity contribution in [1.82, 2.24) is 4.90 Å². The quantitative estimate of drug-likeness (QED) is 0.841. The van der Waals surface area contributed by atoms with Gasteiger partial charge in [0.25, 0.3) is 0 Å². The maximum absolute atomic E-state index is 11.6. The van der Waals surface area contributed by atoms with E-state index in [4.69, 9.17) is 0 Å². The predicted octanol–water partition coefficient (Wildman–Crippen LogP) is 2.75. The minimum Gasteiger partial charge on any atom is -0.299 e. The molecule has 0 N–H and O–H groups in total. The Hall–Kier alpha value is -0.870. The van der Waals surface area contributed by atoms with E-state index in [1.165, 1.54) is 24.0 Å². The highest BCUT2D eigenvalue weighted by Crippen LogP contribution is 2.38. The second-order valence-corrected chi connectivity index (χ2v) is 8.50. The van der Waals surface area contributed by atoms with Gasteiger partial charge in [0.1, 0.15) is 9.84 Å². The number of nitrogens with zero attached hydrogens (tertiary/aromatic N) is 1. The van der Waals surface area contributed by atoms with Crippen LogP contribution in [-0.2, 0) is 9.84 Å². The largest absolute Gasteiger partial charge is 0.299 e. The molecule has 1 aromatic rings. The normalized spacial score (nSPS) is 27.8. The van der Waals surface area contributed by atoms with Gasteiger partial charge in [0.05, 0.1) is 11.5 Å². The Morgan fingerprint density at radius 1 is 1.05 bits per heavy atom. The van der Waals surface area contributed by atoms with Crippen molar-refractivity contribution in [2.45, 2.75) is 37.6 Å². The third-order valence-electron chi connectivity index (χ3n) is 4.87. The summed E-state index contributed by atoms with van der Waals surface area (Å²) < 4.78 is 23.2. The van der Waals surface area contributed by atoms with Crippen LogP contribution in [0.5, 0.6) is 0 Å². The molecule has 2 fully saturated rings. The average molecular weight is 293 g/mol. The van der Waals surface area contributed by atoms with Gasteiger partial charge in [0, 0.05) is 6.04 Å². The molecule has 3 rings (SSSR count). The van der Waals surface area contributed by atoms with Gasteiger partial charge in [-0.25, -0.2) is 8.42 Å². The Balaban J connectivity index is 1.87. The van der Waals surface area contributed by atoms with Crippen LogP contribution < -0.4 is 0 Å². The monoisotopic (exact) mass is 293 g/mol. The molecule has 0 aliphatic carbocycles. The maximum atomic E-state index is 11.6. The Bertz CT molecular complexity index is 568. The molecule has 2 aliphatic rings. The summed E-state index contributed by atoms with van der Waals surface area (Å²) in [5.41, 5.74) is 2.82. The molecule has 2 saturated heterocycles. The third-order valence-corrected chi connectivity index (χ3v) is 6.59. The van der Waals surface area contributed by atoms with E-state index in [-0.39, 0.29) is 0 Å². The summed E-state index contributed by atoms with van der Waals surface area (Å²) in [5, 5.41) is 0. The first-order valence-corrected chi connectivity index (χ1v) is 9.38. The van der Waals surface area contributed by atoms with E-state index in [9.17, 15) is 8.42 Å². The van der Waals surface area contributed by atoms with Crippen molar-refractivity contribution >= 4 is 9.84 Å². The molecule has 0 amide bonds. The van der Waals surface area contributed by atoms with Crippen LogP contribution in [0.15, 0.2) is 24.3 Å². The molecule has 1 aromatic carbocycles. The minimum atomic E-state index is -2.78. The van der Waals surface area contributed by atoms with Crippen molar-refractivity contribution in [2.24, 2.45) is 0 Å². The van der Waals surface area contributed by atoms with Gasteiger partial charge in [-0.2, -0.15) is 0 Å². The number of likely N-dealkylation sites (tertiary alicyclic amines) is 1. The third kappa shape index (κ3) is 2.77. The summed E-state index contributed by atoms with van der Waals surface area (Å²) in [6.45, 7) is 1.16. The second kappa shape index (κ2) is 5.49. The molecule has 2 heterocycles. The van der Waals surface area contributed by atoms with Crippen LogP contribution in [-0.4, -0.2) is 38.4 Å². The molecule has 0 aromatic heterocycles. The van der Waals surface area contributed by atoms with Gasteiger partial charge in [0.2, 0.25) is 0 Å². The number of rotatable bonds is 2. The van der Waals surface area contributed by atoms with Crippen molar-refractivity contribution in [3.63, 3.8) is 0 Å². The predicted molar refractivity (Wildman–Crippen MR) is 81.7 cm³/mol. The smallest absolute Gasteiger partial charge is 0.150 e. The van der Waals surface area contributed by atoms with Crippen molar-refractivity contribution in [1.29, 1.82) is 0 Å². The van der Waals surface area contributed by atoms with Crippen LogP contribution in [0.3, 0.4) is 0 Å². The van der Waals surface area contributed by atoms with Gasteiger partial charge in [-0.3, -0.25) is 4.90 Å². The lowest BCUT2D eigenvalue weighted by Gasteiger charge is -2.28. The first kappa shape index (κ1) is 14.1. The second-order valence-electron chi connectivity index (χ2n) is 6.19. The van der Waals surface area contributed by atoms with Crippen LogP contribution in [0.25, 0.3) is 0 Å². The average Bonchev–Trinajstić information content (AvgIpc) is 2.85. The van der Waals surface area contributed by atoms with Crippen molar-refractivity contribution in [3.05, 3.63) is 35.4 Å². The Morgan fingerprint density at radius 3 is 2.30 bits per heavy atom. The Morgan fingerprint density at radius 2 is 1.70 bits per heavy atom. The van der Waals surface area contributed by atoms with Crippen LogP contribution in [0.2, 0.25) is 0 Å². The number of benzene rings is 1. The number of hydrogen-bond acceptors (Lipinski definition) is 3. The SMILES string of the molecule is CN1CCC[C@@H]1c1ccccc1C1CCS(=O)(=O)CC1. The zero-order chi connectivity index (χ0) is 14.2. The standard InChI is InChI=1S/C16H23NO2S/c1-17-10-4-7-16(17)15-6-3-2-5-14(15)13-8-11-20(18,19)12-9-13/h2-3,5-6,13,16H,4,7-12H2,1H3/t16-/m1/s1. The molecule has 0 bridgehead atoms. The Labute approximate surface area is 121 Å². The van der Waals surface area contributed by atoms with Crippen LogP contribution in [0, 0.1) is 0 Å². The fourth-order valence-corrected chi connectivity index (χ4v) is 5.18. The maximum Gasteiger partial charge on any atom is 0.150 e. The van der Waals surface area contributed by atoms with E-state index in [2.05, 4.69) is 36.2 Å². The van der Waals surface area contributed by atoms with E-state index in [1.807, 2.05) is 0 Å². The molecular weight excluding hydrogens is 270 g/mol. The molecule has 2 aliphatic heterocycles. The highest BCUT2D eigenvalue weighted by atomic mass is 32.2. The van der Waals surface area contributed by atoms with E-state index < -0.39 is 9.84 Å². The van der Waals surface area contributed by atoms with Gasteiger partial charge in [0.15, 0.2) is 0 Å². The summed E-state index contributed by atoms with van der Waals surface area (Å²) in [7, 11) is -0.583. The molecular formula is C16H23NO2S. The number of hydrogen-bond donors (Lipinski definition) is 0. The molecule has 1 atom stereocenters. The zero-order valence-corrected chi connectivity index (χ0v) is 12.9. The summed E-state index contributed by atoms with van der Waals surface area (Å²) in [5.74, 6) is 1.13. The molecule has 4 heteroatoms. The molecule has 0 radical (unpaired) electrons. The van der Waals surface area contributed by atoms with Crippen LogP contribution in [0.1, 0.15) is 48.8 Å². The molecule has 0 unspecified atom stereocenters.